The van der Waals surface area contributed by atoms with Gasteiger partial charge in [0, 0.05) is 23.7 Å². The lowest BCUT2D eigenvalue weighted by molar-refractivity contribution is -0.141. The highest BCUT2D eigenvalue weighted by atomic mass is 35.5. The van der Waals surface area contributed by atoms with E-state index in [2.05, 4.69) is 0 Å². The van der Waals surface area contributed by atoms with Crippen LogP contribution in [0.4, 0.5) is 0 Å². The van der Waals surface area contributed by atoms with Crippen LogP contribution in [0.5, 0.6) is 5.75 Å². The number of halogens is 1. The first-order chi connectivity index (χ1) is 15.0. The van der Waals surface area contributed by atoms with Crippen LogP contribution in [0.2, 0.25) is 5.02 Å². The molecule has 4 rings (SSSR count). The summed E-state index contributed by atoms with van der Waals surface area (Å²) >= 11 is 6.04. The molecule has 0 aliphatic carbocycles. The van der Waals surface area contributed by atoms with Crippen molar-refractivity contribution in [3.8, 4) is 5.75 Å². The van der Waals surface area contributed by atoms with Gasteiger partial charge < -0.3 is 14.4 Å². The number of ether oxygens (including phenoxy) is 2. The van der Waals surface area contributed by atoms with E-state index in [1.165, 1.54) is 4.90 Å². The van der Waals surface area contributed by atoms with Gasteiger partial charge >= 0.3 is 0 Å². The molecule has 0 N–H and O–H groups in total. The van der Waals surface area contributed by atoms with Crippen LogP contribution in [0.3, 0.4) is 0 Å². The molecule has 2 fully saturated rings. The first-order valence-electron chi connectivity index (χ1n) is 10.5. The lowest BCUT2D eigenvalue weighted by Gasteiger charge is -2.29. The molecule has 3 atom stereocenters. The molecule has 1 amide bonds. The van der Waals surface area contributed by atoms with Crippen LogP contribution in [-0.2, 0) is 14.3 Å². The van der Waals surface area contributed by atoms with Gasteiger partial charge in [0.2, 0.25) is 5.78 Å². The van der Waals surface area contributed by atoms with Crippen molar-refractivity contribution in [2.45, 2.75) is 31.9 Å². The number of Topliss-reactive ketones (excluding diaryl/α,β-unsaturated/α-hetero) is 2. The molecule has 2 saturated heterocycles. The number of hydrogen-bond acceptors (Lipinski definition) is 5. The van der Waals surface area contributed by atoms with Crippen molar-refractivity contribution >= 4 is 29.1 Å². The van der Waals surface area contributed by atoms with Gasteiger partial charge in [-0.25, -0.2) is 0 Å². The second-order valence-electron chi connectivity index (χ2n) is 7.75. The molecular formula is C24H24ClNO5. The molecule has 2 heterocycles. The SMILES string of the molecule is CCOc1ccc(C(=O)C2C(=O)C(=O)N(CC3CCCO3)C2c2ccc(Cl)cc2)cc1. The van der Waals surface area contributed by atoms with Crippen molar-refractivity contribution < 1.29 is 23.9 Å². The zero-order valence-corrected chi connectivity index (χ0v) is 18.0. The fourth-order valence-electron chi connectivity index (χ4n) is 4.28. The summed E-state index contributed by atoms with van der Waals surface area (Å²) in [6, 6.07) is 12.9. The van der Waals surface area contributed by atoms with Crippen LogP contribution < -0.4 is 4.74 Å². The average Bonchev–Trinajstić information content (AvgIpc) is 3.37. The molecule has 31 heavy (non-hydrogen) atoms. The number of nitrogens with zero attached hydrogens (tertiary/aromatic N) is 1. The molecule has 2 aliphatic rings. The molecule has 162 valence electrons. The maximum Gasteiger partial charge on any atom is 0.291 e. The standard InChI is InChI=1S/C24H24ClNO5/c1-2-30-18-11-7-16(8-12-18)22(27)20-21(15-5-9-17(25)10-6-15)26(24(29)23(20)28)14-19-4-3-13-31-19/h5-12,19-21H,2-4,13-14H2,1H3. The number of carbonyl (C=O) groups excluding carboxylic acids is 3. The van der Waals surface area contributed by atoms with Gasteiger partial charge in [-0.1, -0.05) is 23.7 Å². The van der Waals surface area contributed by atoms with E-state index in [1.54, 1.807) is 48.5 Å². The van der Waals surface area contributed by atoms with E-state index in [0.29, 0.717) is 35.1 Å². The van der Waals surface area contributed by atoms with Gasteiger partial charge in [0.25, 0.3) is 5.91 Å². The van der Waals surface area contributed by atoms with Gasteiger partial charge in [-0.15, -0.1) is 0 Å². The topological polar surface area (TPSA) is 72.9 Å². The fourth-order valence-corrected chi connectivity index (χ4v) is 4.41. The van der Waals surface area contributed by atoms with Gasteiger partial charge in [0.15, 0.2) is 5.78 Å². The fraction of sp³-hybridized carbons (Fsp3) is 0.375. The Bertz CT molecular complexity index is 966. The lowest BCUT2D eigenvalue weighted by atomic mass is 9.86. The number of benzene rings is 2. The van der Waals surface area contributed by atoms with Crippen LogP contribution in [0, 0.1) is 5.92 Å². The van der Waals surface area contributed by atoms with Crippen LogP contribution in [0.1, 0.15) is 41.7 Å². The molecule has 3 unspecified atom stereocenters. The Kier molecular flexibility index (Phi) is 6.39. The second kappa shape index (κ2) is 9.20. The highest BCUT2D eigenvalue weighted by Gasteiger charge is 2.52. The number of rotatable bonds is 7. The molecule has 2 aliphatic heterocycles. The van der Waals surface area contributed by atoms with Gasteiger partial charge in [0.05, 0.1) is 18.8 Å². The van der Waals surface area contributed by atoms with E-state index in [-0.39, 0.29) is 18.4 Å². The van der Waals surface area contributed by atoms with Crippen molar-refractivity contribution in [3.63, 3.8) is 0 Å². The zero-order valence-electron chi connectivity index (χ0n) is 17.3. The highest BCUT2D eigenvalue weighted by molar-refractivity contribution is 6.44. The maximum atomic E-state index is 13.4. The predicted octanol–water partition coefficient (Wildman–Crippen LogP) is 3.87. The zero-order chi connectivity index (χ0) is 22.0. The average molecular weight is 442 g/mol. The summed E-state index contributed by atoms with van der Waals surface area (Å²) in [7, 11) is 0. The van der Waals surface area contributed by atoms with Crippen molar-refractivity contribution in [3.05, 3.63) is 64.7 Å². The number of carbonyl (C=O) groups is 3. The Morgan fingerprint density at radius 1 is 1.13 bits per heavy atom. The second-order valence-corrected chi connectivity index (χ2v) is 8.19. The monoisotopic (exact) mass is 441 g/mol. The van der Waals surface area contributed by atoms with E-state index in [1.807, 2.05) is 6.92 Å². The Balaban J connectivity index is 1.69. The summed E-state index contributed by atoms with van der Waals surface area (Å²) in [4.78, 5) is 40.9. The minimum atomic E-state index is -1.12. The smallest absolute Gasteiger partial charge is 0.291 e. The first-order valence-corrected chi connectivity index (χ1v) is 10.9. The van der Waals surface area contributed by atoms with Crippen LogP contribution in [-0.4, -0.2) is 48.2 Å². The van der Waals surface area contributed by atoms with Crippen molar-refractivity contribution in [1.29, 1.82) is 0 Å². The van der Waals surface area contributed by atoms with Crippen molar-refractivity contribution in [2.75, 3.05) is 19.8 Å². The van der Waals surface area contributed by atoms with E-state index < -0.39 is 23.7 Å². The van der Waals surface area contributed by atoms with Gasteiger partial charge in [0.1, 0.15) is 11.7 Å². The number of ketones is 2. The predicted molar refractivity (Wildman–Crippen MR) is 115 cm³/mol. The minimum absolute atomic E-state index is 0.133. The van der Waals surface area contributed by atoms with E-state index in [9.17, 15) is 14.4 Å². The molecule has 0 bridgehead atoms. The third-order valence-corrected chi connectivity index (χ3v) is 6.03. The molecular weight excluding hydrogens is 418 g/mol. The molecule has 6 nitrogen and oxygen atoms in total. The molecule has 7 heteroatoms. The van der Waals surface area contributed by atoms with Gasteiger partial charge in [-0.3, -0.25) is 14.4 Å². The van der Waals surface area contributed by atoms with Crippen molar-refractivity contribution in [1.82, 2.24) is 4.90 Å². The van der Waals surface area contributed by atoms with Crippen LogP contribution in [0.25, 0.3) is 0 Å². The van der Waals surface area contributed by atoms with E-state index in [0.717, 1.165) is 12.8 Å². The third-order valence-electron chi connectivity index (χ3n) is 5.77. The Labute approximate surface area is 186 Å². The molecule has 2 aromatic carbocycles. The van der Waals surface area contributed by atoms with E-state index in [4.69, 9.17) is 21.1 Å². The number of hydrogen-bond donors (Lipinski definition) is 0. The molecule has 2 aromatic rings. The van der Waals surface area contributed by atoms with Gasteiger partial charge in [-0.05, 0) is 61.7 Å². The maximum absolute atomic E-state index is 13.4. The lowest BCUT2D eigenvalue weighted by Crippen LogP contribution is -2.36. The summed E-state index contributed by atoms with van der Waals surface area (Å²) in [6.45, 7) is 3.31. The number of likely N-dealkylation sites (tertiary alicyclic amines) is 1. The molecule has 0 radical (unpaired) electrons. The normalized spacial score (nSPS) is 23.4. The Hall–Kier alpha value is -2.70. The number of amides is 1. The third kappa shape index (κ3) is 4.36. The van der Waals surface area contributed by atoms with E-state index >= 15 is 0 Å². The molecule has 0 saturated carbocycles. The minimum Gasteiger partial charge on any atom is -0.494 e. The first kappa shape index (κ1) is 21.5. The van der Waals surface area contributed by atoms with Crippen molar-refractivity contribution in [2.24, 2.45) is 5.92 Å². The summed E-state index contributed by atoms with van der Waals surface area (Å²) < 4.78 is 11.1. The van der Waals surface area contributed by atoms with Crippen LogP contribution >= 0.6 is 11.6 Å². The quantitative estimate of drug-likeness (QED) is 0.370. The van der Waals surface area contributed by atoms with Gasteiger partial charge in [-0.2, -0.15) is 0 Å². The highest BCUT2D eigenvalue weighted by Crippen LogP contribution is 2.39. The molecule has 0 spiro atoms. The Morgan fingerprint density at radius 2 is 1.84 bits per heavy atom. The van der Waals surface area contributed by atoms with Crippen LogP contribution in [0.15, 0.2) is 48.5 Å². The summed E-state index contributed by atoms with van der Waals surface area (Å²) in [5.74, 6) is -2.18. The summed E-state index contributed by atoms with van der Waals surface area (Å²) in [5.41, 5.74) is 1.07. The summed E-state index contributed by atoms with van der Waals surface area (Å²) in [5, 5.41) is 0.541. The Morgan fingerprint density at radius 3 is 2.45 bits per heavy atom. The summed E-state index contributed by atoms with van der Waals surface area (Å²) in [6.07, 6.45) is 1.61. The largest absolute Gasteiger partial charge is 0.494 e. The molecule has 0 aromatic heterocycles.